The third-order valence-electron chi connectivity index (χ3n) is 3.42. The van der Waals surface area contributed by atoms with Gasteiger partial charge in [0.1, 0.15) is 6.42 Å². The van der Waals surface area contributed by atoms with Gasteiger partial charge in [0.25, 0.3) is 5.79 Å². The summed E-state index contributed by atoms with van der Waals surface area (Å²) in [6, 6.07) is 7.11. The molecule has 1 N–H and O–H groups in total. The summed E-state index contributed by atoms with van der Waals surface area (Å²) in [5.74, 6) is 0.575. The number of nitriles is 1. The molecule has 1 heterocycles. The summed E-state index contributed by atoms with van der Waals surface area (Å²) in [6.45, 7) is 0. The van der Waals surface area contributed by atoms with E-state index in [0.717, 1.165) is 31.4 Å². The van der Waals surface area contributed by atoms with Crippen LogP contribution in [0.1, 0.15) is 32.1 Å². The summed E-state index contributed by atoms with van der Waals surface area (Å²) >= 11 is 0. The Morgan fingerprint density at radius 3 is 2.79 bits per heavy atom. The number of carbonyl (C=O) groups is 1. The zero-order valence-electron chi connectivity index (χ0n) is 10.4. The maximum Gasteiger partial charge on any atom is 0.251 e. The highest BCUT2D eigenvalue weighted by molar-refractivity contribution is 5.92. The van der Waals surface area contributed by atoms with E-state index in [-0.39, 0.29) is 12.3 Å². The molecule has 98 valence electrons. The second-order valence-electron chi connectivity index (χ2n) is 4.87. The number of ether oxygens (including phenoxy) is 2. The number of hydrogen-bond acceptors (Lipinski definition) is 4. The predicted molar refractivity (Wildman–Crippen MR) is 67.8 cm³/mol. The fourth-order valence-corrected chi connectivity index (χ4v) is 2.57. The van der Waals surface area contributed by atoms with Crippen LogP contribution in [0.4, 0.5) is 5.69 Å². The number of carbonyl (C=O) groups excluding carboxylic acids is 1. The van der Waals surface area contributed by atoms with E-state index in [1.54, 1.807) is 18.2 Å². The van der Waals surface area contributed by atoms with E-state index in [2.05, 4.69) is 5.32 Å². The van der Waals surface area contributed by atoms with Gasteiger partial charge in [-0.05, 0) is 25.0 Å². The van der Waals surface area contributed by atoms with Crippen LogP contribution in [0.2, 0.25) is 0 Å². The monoisotopic (exact) mass is 258 g/mol. The van der Waals surface area contributed by atoms with Gasteiger partial charge in [-0.1, -0.05) is 0 Å². The number of hydrogen-bond donors (Lipinski definition) is 1. The molecule has 2 aliphatic rings. The molecule has 1 aliphatic carbocycles. The van der Waals surface area contributed by atoms with Crippen LogP contribution in [-0.2, 0) is 4.79 Å². The van der Waals surface area contributed by atoms with Gasteiger partial charge in [-0.25, -0.2) is 0 Å². The third-order valence-corrected chi connectivity index (χ3v) is 3.42. The molecule has 1 spiro atoms. The van der Waals surface area contributed by atoms with Gasteiger partial charge in [0, 0.05) is 24.6 Å². The van der Waals surface area contributed by atoms with Crippen molar-refractivity contribution in [2.75, 3.05) is 5.32 Å². The highest BCUT2D eigenvalue weighted by Crippen LogP contribution is 2.47. The Labute approximate surface area is 111 Å². The van der Waals surface area contributed by atoms with Crippen molar-refractivity contribution < 1.29 is 14.3 Å². The lowest BCUT2D eigenvalue weighted by molar-refractivity contribution is -0.115. The molecule has 1 aromatic carbocycles. The van der Waals surface area contributed by atoms with Crippen LogP contribution in [0.3, 0.4) is 0 Å². The Kier molecular flexibility index (Phi) is 2.79. The first-order valence-corrected chi connectivity index (χ1v) is 6.40. The molecule has 0 radical (unpaired) electrons. The van der Waals surface area contributed by atoms with Crippen molar-refractivity contribution in [1.82, 2.24) is 0 Å². The molecule has 1 aliphatic heterocycles. The Balaban J connectivity index is 1.76. The Hall–Kier alpha value is -2.22. The molecule has 19 heavy (non-hydrogen) atoms. The van der Waals surface area contributed by atoms with E-state index in [0.29, 0.717) is 11.4 Å². The van der Waals surface area contributed by atoms with Gasteiger partial charge in [0.15, 0.2) is 11.5 Å². The lowest BCUT2D eigenvalue weighted by atomic mass is 10.2. The minimum atomic E-state index is -0.488. The highest BCUT2D eigenvalue weighted by Gasteiger charge is 2.44. The predicted octanol–water partition coefficient (Wildman–Crippen LogP) is 2.58. The topological polar surface area (TPSA) is 71.4 Å². The molecule has 0 aromatic heterocycles. The van der Waals surface area contributed by atoms with E-state index in [1.807, 2.05) is 6.07 Å². The minimum absolute atomic E-state index is 0.154. The van der Waals surface area contributed by atoms with Crippen LogP contribution < -0.4 is 14.8 Å². The van der Waals surface area contributed by atoms with Gasteiger partial charge in [-0.3, -0.25) is 4.79 Å². The summed E-state index contributed by atoms with van der Waals surface area (Å²) in [5.41, 5.74) is 0.623. The average molecular weight is 258 g/mol. The summed E-state index contributed by atoms with van der Waals surface area (Å²) in [5, 5.41) is 11.1. The smallest absolute Gasteiger partial charge is 0.251 e. The number of anilines is 1. The largest absolute Gasteiger partial charge is 0.448 e. The molecule has 1 saturated carbocycles. The van der Waals surface area contributed by atoms with Crippen molar-refractivity contribution in [3.8, 4) is 17.6 Å². The molecule has 1 aromatic rings. The summed E-state index contributed by atoms with van der Waals surface area (Å²) < 4.78 is 11.8. The zero-order valence-corrected chi connectivity index (χ0v) is 10.4. The molecule has 0 bridgehead atoms. The van der Waals surface area contributed by atoms with E-state index in [4.69, 9.17) is 14.7 Å². The van der Waals surface area contributed by atoms with E-state index < -0.39 is 5.79 Å². The molecule has 3 rings (SSSR count). The first-order valence-electron chi connectivity index (χ1n) is 6.40. The Morgan fingerprint density at radius 1 is 1.32 bits per heavy atom. The minimum Gasteiger partial charge on any atom is -0.448 e. The van der Waals surface area contributed by atoms with Gasteiger partial charge in [-0.2, -0.15) is 5.26 Å². The first kappa shape index (κ1) is 11.8. The first-order chi connectivity index (χ1) is 9.21. The lowest BCUT2D eigenvalue weighted by Crippen LogP contribution is -2.34. The second kappa shape index (κ2) is 4.47. The molecule has 1 amide bonds. The van der Waals surface area contributed by atoms with Crippen LogP contribution in [0.5, 0.6) is 11.5 Å². The van der Waals surface area contributed by atoms with Crippen molar-refractivity contribution in [2.24, 2.45) is 0 Å². The molecular formula is C14H14N2O3. The average Bonchev–Trinajstić information content (AvgIpc) is 2.96. The fourth-order valence-electron chi connectivity index (χ4n) is 2.57. The van der Waals surface area contributed by atoms with Gasteiger partial charge < -0.3 is 14.8 Å². The number of nitrogens with zero attached hydrogens (tertiary/aromatic N) is 1. The van der Waals surface area contributed by atoms with E-state index in [1.165, 1.54) is 0 Å². The van der Waals surface area contributed by atoms with Gasteiger partial charge in [-0.15, -0.1) is 0 Å². The second-order valence-corrected chi connectivity index (χ2v) is 4.87. The number of fused-ring (bicyclic) bond motifs is 1. The van der Waals surface area contributed by atoms with Crippen molar-refractivity contribution >= 4 is 11.6 Å². The molecule has 0 atom stereocenters. The van der Waals surface area contributed by atoms with Crippen molar-refractivity contribution in [1.29, 1.82) is 5.26 Å². The van der Waals surface area contributed by atoms with Crippen molar-refractivity contribution in [3.05, 3.63) is 18.2 Å². The van der Waals surface area contributed by atoms with Gasteiger partial charge in [0.2, 0.25) is 5.91 Å². The van der Waals surface area contributed by atoms with Crippen LogP contribution >= 0.6 is 0 Å². The van der Waals surface area contributed by atoms with E-state index >= 15 is 0 Å². The van der Waals surface area contributed by atoms with Gasteiger partial charge in [0.05, 0.1) is 6.07 Å². The number of rotatable bonds is 2. The van der Waals surface area contributed by atoms with Crippen LogP contribution in [0, 0.1) is 11.3 Å². The Bertz CT molecular complexity index is 556. The van der Waals surface area contributed by atoms with Crippen LogP contribution in [0.15, 0.2) is 18.2 Å². The maximum absolute atomic E-state index is 11.4. The normalized spacial score (nSPS) is 18.3. The molecule has 5 nitrogen and oxygen atoms in total. The summed E-state index contributed by atoms with van der Waals surface area (Å²) in [4.78, 5) is 11.4. The molecule has 0 unspecified atom stereocenters. The van der Waals surface area contributed by atoms with Crippen molar-refractivity contribution in [3.63, 3.8) is 0 Å². The molecule has 0 saturated heterocycles. The molecule has 5 heteroatoms. The standard InChI is InChI=1S/C14H14N2O3/c15-8-5-13(17)16-10-3-4-11-12(9-10)19-14(18-11)6-1-2-7-14/h3-4,9H,1-2,5-7H2,(H,16,17). The zero-order chi connectivity index (χ0) is 13.3. The summed E-state index contributed by atoms with van der Waals surface area (Å²) in [6.07, 6.45) is 3.87. The van der Waals surface area contributed by atoms with E-state index in [9.17, 15) is 4.79 Å². The highest BCUT2D eigenvalue weighted by atomic mass is 16.7. The maximum atomic E-state index is 11.4. The number of amides is 1. The quantitative estimate of drug-likeness (QED) is 0.885. The molecular weight excluding hydrogens is 244 g/mol. The van der Waals surface area contributed by atoms with Gasteiger partial charge >= 0.3 is 0 Å². The van der Waals surface area contributed by atoms with Crippen molar-refractivity contribution in [2.45, 2.75) is 37.9 Å². The fraction of sp³-hybridized carbons (Fsp3) is 0.429. The molecule has 1 fully saturated rings. The number of nitrogens with one attached hydrogen (secondary N) is 1. The van der Waals surface area contributed by atoms with Crippen LogP contribution in [-0.4, -0.2) is 11.7 Å². The third kappa shape index (κ3) is 2.22. The number of benzene rings is 1. The lowest BCUT2D eigenvalue weighted by Gasteiger charge is -2.21. The SMILES string of the molecule is N#CCC(=O)Nc1ccc2c(c1)OC1(CCCC1)O2. The summed E-state index contributed by atoms with van der Waals surface area (Å²) in [7, 11) is 0. The van der Waals surface area contributed by atoms with Crippen LogP contribution in [0.25, 0.3) is 0 Å². The Morgan fingerprint density at radius 2 is 2.05 bits per heavy atom.